The number of rotatable bonds is 6. The van der Waals surface area contributed by atoms with Gasteiger partial charge in [0.1, 0.15) is 5.82 Å². The predicted octanol–water partition coefficient (Wildman–Crippen LogP) is 3.97. The third-order valence-corrected chi connectivity index (χ3v) is 3.66. The fraction of sp³-hybridized carbons (Fsp3) is 0.200. The molecule has 1 aliphatic rings. The van der Waals surface area contributed by atoms with Gasteiger partial charge in [0.05, 0.1) is 13.7 Å². The number of aliphatic imine (C=N–C) groups is 1. The van der Waals surface area contributed by atoms with E-state index in [1.54, 1.807) is 31.4 Å². The van der Waals surface area contributed by atoms with Gasteiger partial charge in [0.15, 0.2) is 17.2 Å². The topological polar surface area (TPSA) is 57.1 Å². The number of carbonyl (C=O) groups is 1. The molecule has 1 heterocycles. The third-order valence-electron chi connectivity index (χ3n) is 3.66. The molecular weight excluding hydrogens is 337 g/mol. The minimum absolute atomic E-state index is 0.150. The number of cyclic esters (lactones) is 1. The normalized spacial score (nSPS) is 15.0. The highest BCUT2D eigenvalue weighted by Gasteiger charge is 2.24. The van der Waals surface area contributed by atoms with Crippen LogP contribution in [0.25, 0.3) is 6.08 Å². The summed E-state index contributed by atoms with van der Waals surface area (Å²) >= 11 is 0. The van der Waals surface area contributed by atoms with Gasteiger partial charge in [-0.25, -0.2) is 14.2 Å². The lowest BCUT2D eigenvalue weighted by Gasteiger charge is -2.10. The minimum atomic E-state index is -0.559. The van der Waals surface area contributed by atoms with E-state index < -0.39 is 5.97 Å². The highest BCUT2D eigenvalue weighted by atomic mass is 19.1. The summed E-state index contributed by atoms with van der Waals surface area (Å²) in [5, 5.41) is 0. The van der Waals surface area contributed by atoms with Gasteiger partial charge < -0.3 is 14.2 Å². The average Bonchev–Trinajstić information content (AvgIpc) is 3.01. The second-order valence-electron chi connectivity index (χ2n) is 5.60. The molecule has 3 rings (SSSR count). The molecule has 0 saturated carbocycles. The molecular formula is C20H18FNO4. The number of hydrogen-bond donors (Lipinski definition) is 0. The Morgan fingerprint density at radius 2 is 1.92 bits per heavy atom. The standard InChI is InChI=1S/C20H18FNO4/c1-3-10-25-18-12-13(4-9-17(18)24-2)11-16-20(23)26-19(22-16)14-5-7-15(21)8-6-14/h4-9,11-12H,3,10H2,1-2H3. The number of esters is 1. The molecule has 134 valence electrons. The van der Waals surface area contributed by atoms with Crippen LogP contribution in [0.15, 0.2) is 53.2 Å². The first-order valence-corrected chi connectivity index (χ1v) is 8.20. The van der Waals surface area contributed by atoms with E-state index in [9.17, 15) is 9.18 Å². The first kappa shape index (κ1) is 17.7. The highest BCUT2D eigenvalue weighted by molar-refractivity contribution is 6.12. The monoisotopic (exact) mass is 355 g/mol. The van der Waals surface area contributed by atoms with Crippen LogP contribution in [0.2, 0.25) is 0 Å². The fourth-order valence-electron chi connectivity index (χ4n) is 2.39. The van der Waals surface area contributed by atoms with Crippen LogP contribution in [-0.4, -0.2) is 25.6 Å². The molecule has 6 heteroatoms. The van der Waals surface area contributed by atoms with Crippen LogP contribution in [0, 0.1) is 5.82 Å². The molecule has 0 N–H and O–H groups in total. The maximum Gasteiger partial charge on any atom is 0.363 e. The van der Waals surface area contributed by atoms with E-state index in [0.717, 1.165) is 12.0 Å². The third kappa shape index (κ3) is 3.91. The number of benzene rings is 2. The lowest BCUT2D eigenvalue weighted by Crippen LogP contribution is -2.05. The van der Waals surface area contributed by atoms with Crippen molar-refractivity contribution in [2.45, 2.75) is 13.3 Å². The highest BCUT2D eigenvalue weighted by Crippen LogP contribution is 2.30. The van der Waals surface area contributed by atoms with Gasteiger partial charge in [0.25, 0.3) is 0 Å². The zero-order chi connectivity index (χ0) is 18.5. The van der Waals surface area contributed by atoms with Crippen LogP contribution in [0.4, 0.5) is 4.39 Å². The number of ether oxygens (including phenoxy) is 3. The Hall–Kier alpha value is -3.15. The smallest absolute Gasteiger partial charge is 0.363 e. The number of hydrogen-bond acceptors (Lipinski definition) is 5. The SMILES string of the molecule is CCCOc1cc(C=C2N=C(c3ccc(F)cc3)OC2=O)ccc1OC. The number of methoxy groups -OCH3 is 1. The molecule has 0 atom stereocenters. The number of nitrogens with zero attached hydrogens (tertiary/aromatic N) is 1. The first-order valence-electron chi connectivity index (χ1n) is 8.20. The van der Waals surface area contributed by atoms with Crippen molar-refractivity contribution >= 4 is 17.9 Å². The summed E-state index contributed by atoms with van der Waals surface area (Å²) in [6.45, 7) is 2.57. The zero-order valence-corrected chi connectivity index (χ0v) is 14.5. The van der Waals surface area contributed by atoms with E-state index in [0.29, 0.717) is 23.7 Å². The van der Waals surface area contributed by atoms with Crippen molar-refractivity contribution in [3.63, 3.8) is 0 Å². The Labute approximate surface area is 150 Å². The van der Waals surface area contributed by atoms with E-state index in [1.165, 1.54) is 24.3 Å². The van der Waals surface area contributed by atoms with Crippen LogP contribution < -0.4 is 9.47 Å². The first-order chi connectivity index (χ1) is 12.6. The van der Waals surface area contributed by atoms with Crippen LogP contribution in [0.3, 0.4) is 0 Å². The number of halogens is 1. The van der Waals surface area contributed by atoms with E-state index in [-0.39, 0.29) is 17.4 Å². The predicted molar refractivity (Wildman–Crippen MR) is 95.8 cm³/mol. The van der Waals surface area contributed by atoms with Crippen LogP contribution in [-0.2, 0) is 9.53 Å². The Bertz CT molecular complexity index is 872. The van der Waals surface area contributed by atoms with E-state index in [4.69, 9.17) is 14.2 Å². The molecule has 0 unspecified atom stereocenters. The fourth-order valence-corrected chi connectivity index (χ4v) is 2.39. The Morgan fingerprint density at radius 3 is 2.62 bits per heavy atom. The second-order valence-corrected chi connectivity index (χ2v) is 5.60. The molecule has 0 spiro atoms. The van der Waals surface area contributed by atoms with Gasteiger partial charge in [0.2, 0.25) is 5.90 Å². The molecule has 0 amide bonds. The summed E-state index contributed by atoms with van der Waals surface area (Å²) in [6.07, 6.45) is 2.48. The molecule has 2 aromatic rings. The molecule has 26 heavy (non-hydrogen) atoms. The Kier molecular flexibility index (Phi) is 5.31. The summed E-state index contributed by atoms with van der Waals surface area (Å²) in [4.78, 5) is 16.3. The van der Waals surface area contributed by atoms with Crippen molar-refractivity contribution < 1.29 is 23.4 Å². The van der Waals surface area contributed by atoms with Gasteiger partial charge >= 0.3 is 5.97 Å². The van der Waals surface area contributed by atoms with Crippen LogP contribution in [0.5, 0.6) is 11.5 Å². The van der Waals surface area contributed by atoms with E-state index in [2.05, 4.69) is 4.99 Å². The molecule has 0 saturated heterocycles. The molecule has 0 fully saturated rings. The second kappa shape index (κ2) is 7.82. The van der Waals surface area contributed by atoms with E-state index in [1.807, 2.05) is 6.92 Å². The maximum atomic E-state index is 13.0. The van der Waals surface area contributed by atoms with Gasteiger partial charge in [-0.05, 0) is 54.5 Å². The molecule has 0 bridgehead atoms. The lowest BCUT2D eigenvalue weighted by molar-refractivity contribution is -0.129. The Balaban J connectivity index is 1.89. The van der Waals surface area contributed by atoms with Gasteiger partial charge in [-0.2, -0.15) is 0 Å². The molecule has 0 aliphatic carbocycles. The maximum absolute atomic E-state index is 13.0. The Morgan fingerprint density at radius 1 is 1.15 bits per heavy atom. The summed E-state index contributed by atoms with van der Waals surface area (Å²) in [7, 11) is 1.57. The summed E-state index contributed by atoms with van der Waals surface area (Å²) in [6, 6.07) is 10.9. The summed E-state index contributed by atoms with van der Waals surface area (Å²) in [5.41, 5.74) is 1.42. The van der Waals surface area contributed by atoms with Crippen molar-refractivity contribution in [1.29, 1.82) is 0 Å². The van der Waals surface area contributed by atoms with Gasteiger partial charge in [-0.1, -0.05) is 13.0 Å². The molecule has 2 aromatic carbocycles. The van der Waals surface area contributed by atoms with Gasteiger partial charge in [-0.3, -0.25) is 0 Å². The van der Waals surface area contributed by atoms with Crippen molar-refractivity contribution in [1.82, 2.24) is 0 Å². The van der Waals surface area contributed by atoms with Crippen molar-refractivity contribution in [2.24, 2.45) is 4.99 Å². The quantitative estimate of drug-likeness (QED) is 0.581. The van der Waals surface area contributed by atoms with Crippen LogP contribution >= 0.6 is 0 Å². The summed E-state index contributed by atoms with van der Waals surface area (Å²) < 4.78 is 29.1. The van der Waals surface area contributed by atoms with Crippen molar-refractivity contribution in [3.05, 3.63) is 65.1 Å². The summed E-state index contributed by atoms with van der Waals surface area (Å²) in [5.74, 6) is 0.434. The van der Waals surface area contributed by atoms with Crippen molar-refractivity contribution in [3.8, 4) is 11.5 Å². The largest absolute Gasteiger partial charge is 0.493 e. The van der Waals surface area contributed by atoms with Gasteiger partial charge in [-0.15, -0.1) is 0 Å². The van der Waals surface area contributed by atoms with Crippen molar-refractivity contribution in [2.75, 3.05) is 13.7 Å². The van der Waals surface area contributed by atoms with Crippen LogP contribution in [0.1, 0.15) is 24.5 Å². The molecule has 1 aliphatic heterocycles. The molecule has 0 aromatic heterocycles. The molecule has 5 nitrogen and oxygen atoms in total. The molecule has 0 radical (unpaired) electrons. The average molecular weight is 355 g/mol. The minimum Gasteiger partial charge on any atom is -0.493 e. The zero-order valence-electron chi connectivity index (χ0n) is 14.5. The van der Waals surface area contributed by atoms with E-state index >= 15 is 0 Å². The van der Waals surface area contributed by atoms with Gasteiger partial charge in [0, 0.05) is 5.56 Å². The number of carbonyl (C=O) groups excluding carboxylic acids is 1. The lowest BCUT2D eigenvalue weighted by atomic mass is 10.1.